The highest BCUT2D eigenvalue weighted by molar-refractivity contribution is 5.84. The summed E-state index contributed by atoms with van der Waals surface area (Å²) in [7, 11) is 0. The van der Waals surface area contributed by atoms with E-state index < -0.39 is 0 Å². The van der Waals surface area contributed by atoms with E-state index in [4.69, 9.17) is 9.47 Å². The summed E-state index contributed by atoms with van der Waals surface area (Å²) in [5.74, 6) is 1.12. The van der Waals surface area contributed by atoms with E-state index in [0.717, 1.165) is 6.42 Å². The fourth-order valence-electron chi connectivity index (χ4n) is 5.22. The van der Waals surface area contributed by atoms with Crippen LogP contribution in [0.15, 0.2) is 0 Å². The first-order chi connectivity index (χ1) is 9.69. The van der Waals surface area contributed by atoms with Crippen LogP contribution in [0.25, 0.3) is 0 Å². The molecule has 0 saturated heterocycles. The Hall–Kier alpha value is -1.06. The first kappa shape index (κ1) is 13.9. The molecule has 0 heterocycles. The average molecular weight is 280 g/mol. The molecule has 0 amide bonds. The Kier molecular flexibility index (Phi) is 3.74. The van der Waals surface area contributed by atoms with Crippen molar-refractivity contribution in [3.63, 3.8) is 0 Å². The SMILES string of the molecule is CCOC(=O)C1C2CC(C3CCCC32)C1C(=O)OCC. The van der Waals surface area contributed by atoms with Crippen LogP contribution >= 0.6 is 0 Å². The molecule has 4 heteroatoms. The number of hydrogen-bond acceptors (Lipinski definition) is 4. The van der Waals surface area contributed by atoms with E-state index in [0.29, 0.717) is 36.9 Å². The van der Waals surface area contributed by atoms with Gasteiger partial charge in [0.1, 0.15) is 0 Å². The molecule has 3 saturated carbocycles. The van der Waals surface area contributed by atoms with Gasteiger partial charge in [-0.15, -0.1) is 0 Å². The molecule has 0 radical (unpaired) electrons. The zero-order valence-corrected chi connectivity index (χ0v) is 12.3. The number of esters is 2. The lowest BCUT2D eigenvalue weighted by atomic mass is 9.69. The first-order valence-corrected chi connectivity index (χ1v) is 8.02. The lowest BCUT2D eigenvalue weighted by Gasteiger charge is -2.35. The zero-order valence-electron chi connectivity index (χ0n) is 12.3. The Bertz CT molecular complexity index is 369. The van der Waals surface area contributed by atoms with E-state index in [9.17, 15) is 9.59 Å². The number of ether oxygens (including phenoxy) is 2. The van der Waals surface area contributed by atoms with Crippen LogP contribution in [-0.4, -0.2) is 25.2 Å². The van der Waals surface area contributed by atoms with Crippen molar-refractivity contribution < 1.29 is 19.1 Å². The highest BCUT2D eigenvalue weighted by atomic mass is 16.5. The van der Waals surface area contributed by atoms with Crippen molar-refractivity contribution in [3.05, 3.63) is 0 Å². The van der Waals surface area contributed by atoms with Gasteiger partial charge < -0.3 is 9.47 Å². The van der Waals surface area contributed by atoms with Crippen LogP contribution in [0.3, 0.4) is 0 Å². The Morgan fingerprint density at radius 3 is 1.70 bits per heavy atom. The maximum atomic E-state index is 12.3. The summed E-state index contributed by atoms with van der Waals surface area (Å²) in [4.78, 5) is 24.6. The lowest BCUT2D eigenvalue weighted by Crippen LogP contribution is -2.42. The van der Waals surface area contributed by atoms with Crippen molar-refractivity contribution >= 4 is 11.9 Å². The minimum absolute atomic E-state index is 0.177. The molecule has 0 aromatic rings. The van der Waals surface area contributed by atoms with Crippen LogP contribution in [0.1, 0.15) is 39.5 Å². The molecule has 0 N–H and O–H groups in total. The van der Waals surface area contributed by atoms with Gasteiger partial charge in [0.2, 0.25) is 0 Å². The van der Waals surface area contributed by atoms with Crippen LogP contribution in [0, 0.1) is 35.5 Å². The third-order valence-corrected chi connectivity index (χ3v) is 5.70. The molecule has 3 fully saturated rings. The van der Waals surface area contributed by atoms with Gasteiger partial charge in [0, 0.05) is 0 Å². The second-order valence-electron chi connectivity index (χ2n) is 6.38. The van der Waals surface area contributed by atoms with Crippen LogP contribution in [0.2, 0.25) is 0 Å². The Balaban J connectivity index is 1.85. The second kappa shape index (κ2) is 5.38. The Labute approximate surface area is 120 Å². The summed E-state index contributed by atoms with van der Waals surface area (Å²) in [6.45, 7) is 4.42. The summed E-state index contributed by atoms with van der Waals surface area (Å²) < 4.78 is 10.5. The van der Waals surface area contributed by atoms with E-state index in [1.165, 1.54) is 19.3 Å². The van der Waals surface area contributed by atoms with Crippen molar-refractivity contribution in [1.29, 1.82) is 0 Å². The Morgan fingerprint density at radius 1 is 0.850 bits per heavy atom. The quantitative estimate of drug-likeness (QED) is 0.742. The van der Waals surface area contributed by atoms with Crippen LogP contribution in [0.5, 0.6) is 0 Å². The van der Waals surface area contributed by atoms with E-state index in [2.05, 4.69) is 0 Å². The van der Waals surface area contributed by atoms with Crippen molar-refractivity contribution in [2.24, 2.45) is 35.5 Å². The highest BCUT2D eigenvalue weighted by Gasteiger charge is 2.63. The second-order valence-corrected chi connectivity index (χ2v) is 6.38. The van der Waals surface area contributed by atoms with Gasteiger partial charge in [-0.2, -0.15) is 0 Å². The maximum absolute atomic E-state index is 12.3. The van der Waals surface area contributed by atoms with Gasteiger partial charge in [-0.1, -0.05) is 6.42 Å². The van der Waals surface area contributed by atoms with Gasteiger partial charge in [0.15, 0.2) is 0 Å². The van der Waals surface area contributed by atoms with Crippen molar-refractivity contribution in [2.45, 2.75) is 39.5 Å². The van der Waals surface area contributed by atoms with E-state index in [1.54, 1.807) is 0 Å². The van der Waals surface area contributed by atoms with Crippen LogP contribution in [0.4, 0.5) is 0 Å². The smallest absolute Gasteiger partial charge is 0.310 e. The molecule has 4 nitrogen and oxygen atoms in total. The molecule has 2 bridgehead atoms. The molecular weight excluding hydrogens is 256 g/mol. The maximum Gasteiger partial charge on any atom is 0.310 e. The molecule has 3 rings (SSSR count). The zero-order chi connectivity index (χ0) is 14.3. The minimum atomic E-state index is -0.252. The predicted molar refractivity (Wildman–Crippen MR) is 72.7 cm³/mol. The lowest BCUT2D eigenvalue weighted by molar-refractivity contribution is -0.165. The molecular formula is C16H24O4. The Morgan fingerprint density at radius 2 is 1.30 bits per heavy atom. The van der Waals surface area contributed by atoms with Gasteiger partial charge in [0.25, 0.3) is 0 Å². The van der Waals surface area contributed by atoms with Gasteiger partial charge >= 0.3 is 11.9 Å². The van der Waals surface area contributed by atoms with E-state index in [1.807, 2.05) is 13.8 Å². The molecule has 0 aromatic carbocycles. The van der Waals surface area contributed by atoms with Gasteiger partial charge in [-0.25, -0.2) is 0 Å². The van der Waals surface area contributed by atoms with Gasteiger partial charge in [-0.3, -0.25) is 9.59 Å². The summed E-state index contributed by atoms with van der Waals surface area (Å²) >= 11 is 0. The molecule has 0 aromatic heterocycles. The molecule has 3 aliphatic rings. The number of carbonyl (C=O) groups is 2. The van der Waals surface area contributed by atoms with E-state index in [-0.39, 0.29) is 23.8 Å². The molecule has 3 aliphatic carbocycles. The number of rotatable bonds is 4. The summed E-state index contributed by atoms with van der Waals surface area (Å²) in [6, 6.07) is 0. The number of fused-ring (bicyclic) bond motifs is 5. The number of carbonyl (C=O) groups excluding carboxylic acids is 2. The van der Waals surface area contributed by atoms with Crippen LogP contribution in [-0.2, 0) is 19.1 Å². The summed E-state index contributed by atoms with van der Waals surface area (Å²) in [5, 5.41) is 0. The fourth-order valence-corrected chi connectivity index (χ4v) is 5.22. The molecule has 6 unspecified atom stereocenters. The summed E-state index contributed by atoms with van der Waals surface area (Å²) in [5.41, 5.74) is 0. The topological polar surface area (TPSA) is 52.6 Å². The molecule has 6 atom stereocenters. The summed E-state index contributed by atoms with van der Waals surface area (Å²) in [6.07, 6.45) is 4.70. The molecule has 0 aliphatic heterocycles. The highest BCUT2D eigenvalue weighted by Crippen LogP contribution is 2.63. The third kappa shape index (κ3) is 1.95. The van der Waals surface area contributed by atoms with Crippen molar-refractivity contribution in [1.82, 2.24) is 0 Å². The van der Waals surface area contributed by atoms with Crippen molar-refractivity contribution in [2.75, 3.05) is 13.2 Å². The van der Waals surface area contributed by atoms with Crippen LogP contribution < -0.4 is 0 Å². The average Bonchev–Trinajstić information content (AvgIpc) is 3.09. The molecule has 112 valence electrons. The standard InChI is InChI=1S/C16H24O4/c1-3-19-15(17)13-11-8-12(10-7-5-6-9(10)11)14(13)16(18)20-4-2/h9-14H,3-8H2,1-2H3. The van der Waals surface area contributed by atoms with Gasteiger partial charge in [0.05, 0.1) is 25.0 Å². The van der Waals surface area contributed by atoms with Crippen molar-refractivity contribution in [3.8, 4) is 0 Å². The monoisotopic (exact) mass is 280 g/mol. The largest absolute Gasteiger partial charge is 0.466 e. The fraction of sp³-hybridized carbons (Fsp3) is 0.875. The number of hydrogen-bond donors (Lipinski definition) is 0. The first-order valence-electron chi connectivity index (χ1n) is 8.02. The predicted octanol–water partition coefficient (Wildman–Crippen LogP) is 2.41. The third-order valence-electron chi connectivity index (χ3n) is 5.70. The van der Waals surface area contributed by atoms with Gasteiger partial charge in [-0.05, 0) is 56.8 Å². The molecule has 0 spiro atoms. The normalized spacial score (nSPS) is 41.5. The minimum Gasteiger partial charge on any atom is -0.466 e. The molecule has 20 heavy (non-hydrogen) atoms. The van der Waals surface area contributed by atoms with E-state index >= 15 is 0 Å².